The molecule has 1 heterocycles. The number of nitrogens with zero attached hydrogens (tertiary/aromatic N) is 1. The van der Waals surface area contributed by atoms with Crippen molar-refractivity contribution < 1.29 is 5.11 Å². The van der Waals surface area contributed by atoms with Gasteiger partial charge in [0.1, 0.15) is 0 Å². The van der Waals surface area contributed by atoms with Crippen LogP contribution in [0.4, 0.5) is 0 Å². The van der Waals surface area contributed by atoms with Gasteiger partial charge in [-0.2, -0.15) is 0 Å². The van der Waals surface area contributed by atoms with E-state index in [1.165, 1.54) is 0 Å². The van der Waals surface area contributed by atoms with E-state index >= 15 is 0 Å². The lowest BCUT2D eigenvalue weighted by atomic mass is 10.0. The highest BCUT2D eigenvalue weighted by molar-refractivity contribution is 5.16. The molecule has 0 bridgehead atoms. The SMILES string of the molecule is Cc1ccnc(C(O)CC(C)C)c1. The van der Waals surface area contributed by atoms with Crippen LogP contribution in [0.25, 0.3) is 0 Å². The van der Waals surface area contributed by atoms with Crippen LogP contribution >= 0.6 is 0 Å². The summed E-state index contributed by atoms with van der Waals surface area (Å²) in [5.41, 5.74) is 1.93. The molecule has 1 aromatic heterocycles. The normalized spacial score (nSPS) is 13.3. The molecule has 0 spiro atoms. The van der Waals surface area contributed by atoms with E-state index in [2.05, 4.69) is 18.8 Å². The molecule has 2 heteroatoms. The van der Waals surface area contributed by atoms with E-state index in [0.29, 0.717) is 5.92 Å². The highest BCUT2D eigenvalue weighted by atomic mass is 16.3. The molecule has 0 aliphatic rings. The molecular weight excluding hydrogens is 162 g/mol. The smallest absolute Gasteiger partial charge is 0.0962 e. The molecule has 1 rings (SSSR count). The van der Waals surface area contributed by atoms with Crippen molar-refractivity contribution in [2.45, 2.75) is 33.3 Å². The molecule has 13 heavy (non-hydrogen) atoms. The summed E-state index contributed by atoms with van der Waals surface area (Å²) in [6.45, 7) is 6.20. The predicted octanol–water partition coefficient (Wildman–Crippen LogP) is 2.47. The number of hydrogen-bond donors (Lipinski definition) is 1. The van der Waals surface area contributed by atoms with E-state index < -0.39 is 6.10 Å². The summed E-state index contributed by atoms with van der Waals surface area (Å²) in [5.74, 6) is 0.498. The maximum atomic E-state index is 9.75. The average Bonchev–Trinajstić information content (AvgIpc) is 2.03. The summed E-state index contributed by atoms with van der Waals surface area (Å²) in [7, 11) is 0. The molecule has 1 atom stereocenters. The van der Waals surface area contributed by atoms with Crippen molar-refractivity contribution >= 4 is 0 Å². The Morgan fingerprint density at radius 1 is 1.46 bits per heavy atom. The largest absolute Gasteiger partial charge is 0.387 e. The minimum Gasteiger partial charge on any atom is -0.387 e. The molecule has 0 amide bonds. The molecule has 1 unspecified atom stereocenters. The Morgan fingerprint density at radius 3 is 2.69 bits per heavy atom. The molecule has 0 aliphatic heterocycles. The van der Waals surface area contributed by atoms with Gasteiger partial charge in [-0.05, 0) is 37.0 Å². The molecule has 0 aromatic carbocycles. The topological polar surface area (TPSA) is 33.1 Å². The first-order chi connectivity index (χ1) is 6.09. The monoisotopic (exact) mass is 179 g/mol. The Hall–Kier alpha value is -0.890. The molecule has 0 radical (unpaired) electrons. The number of hydrogen-bond acceptors (Lipinski definition) is 2. The maximum absolute atomic E-state index is 9.75. The first kappa shape index (κ1) is 10.2. The van der Waals surface area contributed by atoms with Gasteiger partial charge in [-0.3, -0.25) is 4.98 Å². The van der Waals surface area contributed by atoms with E-state index in [0.717, 1.165) is 17.7 Å². The van der Waals surface area contributed by atoms with Gasteiger partial charge < -0.3 is 5.11 Å². The summed E-state index contributed by atoms with van der Waals surface area (Å²) in [6.07, 6.45) is 2.10. The van der Waals surface area contributed by atoms with E-state index in [1.54, 1.807) is 6.20 Å². The van der Waals surface area contributed by atoms with Crippen LogP contribution < -0.4 is 0 Å². The van der Waals surface area contributed by atoms with E-state index in [-0.39, 0.29) is 0 Å². The van der Waals surface area contributed by atoms with Crippen LogP contribution in [0.3, 0.4) is 0 Å². The van der Waals surface area contributed by atoms with Crippen LogP contribution in [0.2, 0.25) is 0 Å². The molecule has 2 nitrogen and oxygen atoms in total. The van der Waals surface area contributed by atoms with Crippen LogP contribution in [-0.4, -0.2) is 10.1 Å². The Morgan fingerprint density at radius 2 is 2.15 bits per heavy atom. The lowest BCUT2D eigenvalue weighted by Gasteiger charge is -2.12. The molecule has 72 valence electrons. The van der Waals surface area contributed by atoms with Crippen molar-refractivity contribution in [2.75, 3.05) is 0 Å². The molecule has 0 saturated carbocycles. The second kappa shape index (κ2) is 4.38. The van der Waals surface area contributed by atoms with Crippen LogP contribution in [0.1, 0.15) is 37.6 Å². The standard InChI is InChI=1S/C11H17NO/c1-8(2)6-11(13)10-7-9(3)4-5-12-10/h4-5,7-8,11,13H,6H2,1-3H3. The Labute approximate surface area is 79.6 Å². The fourth-order valence-electron chi connectivity index (χ4n) is 1.31. The Kier molecular flexibility index (Phi) is 3.43. The summed E-state index contributed by atoms with van der Waals surface area (Å²) in [6, 6.07) is 3.87. The van der Waals surface area contributed by atoms with Gasteiger partial charge in [-0.1, -0.05) is 13.8 Å². The van der Waals surface area contributed by atoms with Crippen molar-refractivity contribution in [1.29, 1.82) is 0 Å². The average molecular weight is 179 g/mol. The minimum atomic E-state index is -0.417. The zero-order valence-corrected chi connectivity index (χ0v) is 8.49. The molecule has 0 saturated heterocycles. The van der Waals surface area contributed by atoms with Crippen molar-refractivity contribution in [1.82, 2.24) is 4.98 Å². The van der Waals surface area contributed by atoms with Gasteiger partial charge in [0.2, 0.25) is 0 Å². The van der Waals surface area contributed by atoms with Gasteiger partial charge >= 0.3 is 0 Å². The number of rotatable bonds is 3. The Bertz CT molecular complexity index is 271. The summed E-state index contributed by atoms with van der Waals surface area (Å²) in [5, 5.41) is 9.75. The second-order valence-electron chi connectivity index (χ2n) is 3.90. The van der Waals surface area contributed by atoms with Gasteiger partial charge in [0.05, 0.1) is 11.8 Å². The van der Waals surface area contributed by atoms with E-state index in [9.17, 15) is 5.11 Å². The zero-order valence-electron chi connectivity index (χ0n) is 8.49. The predicted molar refractivity (Wildman–Crippen MR) is 53.4 cm³/mol. The molecular formula is C11H17NO. The van der Waals surface area contributed by atoms with Crippen LogP contribution in [0, 0.1) is 12.8 Å². The number of aliphatic hydroxyl groups is 1. The van der Waals surface area contributed by atoms with Crippen LogP contribution in [0.15, 0.2) is 18.3 Å². The third-order valence-electron chi connectivity index (χ3n) is 1.97. The summed E-state index contributed by atoms with van der Waals surface area (Å²) in [4.78, 5) is 4.14. The number of aromatic nitrogens is 1. The molecule has 1 aromatic rings. The second-order valence-corrected chi connectivity index (χ2v) is 3.90. The van der Waals surface area contributed by atoms with Gasteiger partial charge in [-0.25, -0.2) is 0 Å². The third-order valence-corrected chi connectivity index (χ3v) is 1.97. The maximum Gasteiger partial charge on any atom is 0.0962 e. The highest BCUT2D eigenvalue weighted by Crippen LogP contribution is 2.19. The van der Waals surface area contributed by atoms with Gasteiger partial charge in [0.25, 0.3) is 0 Å². The van der Waals surface area contributed by atoms with E-state index in [1.807, 2.05) is 19.1 Å². The lowest BCUT2D eigenvalue weighted by molar-refractivity contribution is 0.146. The van der Waals surface area contributed by atoms with Gasteiger partial charge in [0.15, 0.2) is 0 Å². The molecule has 1 N–H and O–H groups in total. The van der Waals surface area contributed by atoms with Crippen LogP contribution in [-0.2, 0) is 0 Å². The summed E-state index contributed by atoms with van der Waals surface area (Å²) < 4.78 is 0. The first-order valence-electron chi connectivity index (χ1n) is 4.70. The van der Waals surface area contributed by atoms with E-state index in [4.69, 9.17) is 0 Å². The number of aryl methyl sites for hydroxylation is 1. The lowest BCUT2D eigenvalue weighted by Crippen LogP contribution is -2.04. The van der Waals surface area contributed by atoms with Gasteiger partial charge in [-0.15, -0.1) is 0 Å². The van der Waals surface area contributed by atoms with Crippen molar-refractivity contribution in [2.24, 2.45) is 5.92 Å². The van der Waals surface area contributed by atoms with Crippen LogP contribution in [0.5, 0.6) is 0 Å². The first-order valence-corrected chi connectivity index (χ1v) is 4.70. The molecule has 0 aliphatic carbocycles. The van der Waals surface area contributed by atoms with Crippen molar-refractivity contribution in [3.05, 3.63) is 29.6 Å². The zero-order chi connectivity index (χ0) is 9.84. The number of pyridine rings is 1. The van der Waals surface area contributed by atoms with Gasteiger partial charge in [0, 0.05) is 6.20 Å². The fourth-order valence-corrected chi connectivity index (χ4v) is 1.31. The third kappa shape index (κ3) is 3.15. The van der Waals surface area contributed by atoms with Crippen molar-refractivity contribution in [3.63, 3.8) is 0 Å². The number of aliphatic hydroxyl groups excluding tert-OH is 1. The quantitative estimate of drug-likeness (QED) is 0.773. The Balaban J connectivity index is 2.71. The fraction of sp³-hybridized carbons (Fsp3) is 0.545. The molecule has 0 fully saturated rings. The summed E-state index contributed by atoms with van der Waals surface area (Å²) >= 11 is 0. The highest BCUT2D eigenvalue weighted by Gasteiger charge is 2.10. The minimum absolute atomic E-state index is 0.417. The van der Waals surface area contributed by atoms with Crippen molar-refractivity contribution in [3.8, 4) is 0 Å².